The van der Waals surface area contributed by atoms with Crippen molar-refractivity contribution < 1.29 is 23.1 Å². The van der Waals surface area contributed by atoms with Crippen LogP contribution in [0.1, 0.15) is 48.0 Å². The van der Waals surface area contributed by atoms with E-state index in [1.165, 1.54) is 18.3 Å². The van der Waals surface area contributed by atoms with E-state index >= 15 is 0 Å². The first kappa shape index (κ1) is 22.8. The lowest BCUT2D eigenvalue weighted by Crippen LogP contribution is -2.42. The standard InChI is InChI=1S/C21H26F3N3O2/c1-20(2,3)27-19(29)15-8-5-9-26-17(15)12-18(28)16(25)11-13-6-4-7-14(10-13)21(22,23)24/h4-10,16,18,28H,11-12,25H2,1-3H3,(H,27,29). The van der Waals surface area contributed by atoms with Crippen LogP contribution in [0.3, 0.4) is 0 Å². The van der Waals surface area contributed by atoms with E-state index in [-0.39, 0.29) is 18.7 Å². The van der Waals surface area contributed by atoms with E-state index in [0.717, 1.165) is 12.1 Å². The highest BCUT2D eigenvalue weighted by molar-refractivity contribution is 5.95. The molecule has 0 saturated carbocycles. The maximum Gasteiger partial charge on any atom is 0.416 e. The van der Waals surface area contributed by atoms with E-state index in [1.807, 2.05) is 20.8 Å². The summed E-state index contributed by atoms with van der Waals surface area (Å²) in [6.07, 6.45) is -3.95. The lowest BCUT2D eigenvalue weighted by Gasteiger charge is -2.23. The predicted octanol–water partition coefficient (Wildman–Crippen LogP) is 3.10. The number of aromatic nitrogens is 1. The number of benzene rings is 1. The minimum atomic E-state index is -4.44. The monoisotopic (exact) mass is 409 g/mol. The molecular weight excluding hydrogens is 383 g/mol. The summed E-state index contributed by atoms with van der Waals surface area (Å²) in [5.41, 5.74) is 5.90. The minimum Gasteiger partial charge on any atom is -0.391 e. The normalized spacial score (nSPS) is 14.3. The van der Waals surface area contributed by atoms with Gasteiger partial charge in [-0.1, -0.05) is 18.2 Å². The average molecular weight is 409 g/mol. The number of amides is 1. The van der Waals surface area contributed by atoms with Crippen LogP contribution in [0, 0.1) is 0 Å². The van der Waals surface area contributed by atoms with Crippen molar-refractivity contribution in [2.75, 3.05) is 0 Å². The van der Waals surface area contributed by atoms with Crippen LogP contribution in [0.25, 0.3) is 0 Å². The van der Waals surface area contributed by atoms with E-state index < -0.39 is 29.4 Å². The van der Waals surface area contributed by atoms with Crippen LogP contribution in [0.5, 0.6) is 0 Å². The van der Waals surface area contributed by atoms with Crippen molar-refractivity contribution in [3.63, 3.8) is 0 Å². The van der Waals surface area contributed by atoms with Crippen molar-refractivity contribution in [1.29, 1.82) is 0 Å². The Kier molecular flexibility index (Phi) is 7.02. The Morgan fingerprint density at radius 2 is 1.86 bits per heavy atom. The van der Waals surface area contributed by atoms with Gasteiger partial charge in [-0.25, -0.2) is 0 Å². The lowest BCUT2D eigenvalue weighted by atomic mass is 9.96. The number of hydrogen-bond acceptors (Lipinski definition) is 4. The highest BCUT2D eigenvalue weighted by Crippen LogP contribution is 2.29. The quantitative estimate of drug-likeness (QED) is 0.684. The van der Waals surface area contributed by atoms with Gasteiger partial charge in [-0.15, -0.1) is 0 Å². The van der Waals surface area contributed by atoms with Crippen LogP contribution in [-0.2, 0) is 19.0 Å². The highest BCUT2D eigenvalue weighted by Gasteiger charge is 2.30. The van der Waals surface area contributed by atoms with Gasteiger partial charge in [0.05, 0.1) is 22.9 Å². The third-order valence-electron chi connectivity index (χ3n) is 4.25. The number of carbonyl (C=O) groups is 1. The molecule has 1 amide bonds. The fourth-order valence-electron chi connectivity index (χ4n) is 2.85. The molecule has 2 atom stereocenters. The molecule has 29 heavy (non-hydrogen) atoms. The Balaban J connectivity index is 2.11. The third kappa shape index (κ3) is 6.83. The number of carbonyl (C=O) groups excluding carboxylic acids is 1. The van der Waals surface area contributed by atoms with Crippen LogP contribution in [-0.4, -0.2) is 33.7 Å². The maximum absolute atomic E-state index is 12.9. The van der Waals surface area contributed by atoms with Gasteiger partial charge >= 0.3 is 6.18 Å². The summed E-state index contributed by atoms with van der Waals surface area (Å²) in [5, 5.41) is 13.3. The molecule has 0 aliphatic heterocycles. The second kappa shape index (κ2) is 8.92. The molecule has 4 N–H and O–H groups in total. The van der Waals surface area contributed by atoms with Crippen molar-refractivity contribution in [3.8, 4) is 0 Å². The average Bonchev–Trinajstić information content (AvgIpc) is 2.60. The van der Waals surface area contributed by atoms with Gasteiger partial charge in [-0.3, -0.25) is 9.78 Å². The molecule has 1 aromatic heterocycles. The van der Waals surface area contributed by atoms with Gasteiger partial charge < -0.3 is 16.2 Å². The van der Waals surface area contributed by atoms with Gasteiger partial charge in [0.2, 0.25) is 0 Å². The number of nitrogens with two attached hydrogens (primary N) is 1. The molecule has 0 fully saturated rings. The second-order valence-corrected chi connectivity index (χ2v) is 8.04. The molecule has 2 rings (SSSR count). The summed E-state index contributed by atoms with van der Waals surface area (Å²) in [4.78, 5) is 16.7. The number of alkyl halides is 3. The first-order valence-corrected chi connectivity index (χ1v) is 9.23. The molecule has 0 spiro atoms. The van der Waals surface area contributed by atoms with Crippen LogP contribution >= 0.6 is 0 Å². The van der Waals surface area contributed by atoms with E-state index in [9.17, 15) is 23.1 Å². The molecule has 0 radical (unpaired) electrons. The van der Waals surface area contributed by atoms with Crippen molar-refractivity contribution >= 4 is 5.91 Å². The van der Waals surface area contributed by atoms with Gasteiger partial charge in [0.25, 0.3) is 5.91 Å². The van der Waals surface area contributed by atoms with Gasteiger partial charge in [-0.05, 0) is 51.0 Å². The highest BCUT2D eigenvalue weighted by atomic mass is 19.4. The number of hydrogen-bond donors (Lipinski definition) is 3. The molecular formula is C21H26F3N3O2. The summed E-state index contributed by atoms with van der Waals surface area (Å²) >= 11 is 0. The van der Waals surface area contributed by atoms with E-state index in [1.54, 1.807) is 12.1 Å². The molecule has 0 aliphatic carbocycles. The van der Waals surface area contributed by atoms with Crippen molar-refractivity contribution in [2.24, 2.45) is 5.73 Å². The predicted molar refractivity (Wildman–Crippen MR) is 104 cm³/mol. The Morgan fingerprint density at radius 1 is 1.17 bits per heavy atom. The Bertz CT molecular complexity index is 848. The van der Waals surface area contributed by atoms with Gasteiger partial charge in [0.15, 0.2) is 0 Å². The zero-order valence-corrected chi connectivity index (χ0v) is 16.6. The molecule has 8 heteroatoms. The Labute approximate surface area is 168 Å². The van der Waals surface area contributed by atoms with Gasteiger partial charge in [0.1, 0.15) is 0 Å². The largest absolute Gasteiger partial charge is 0.416 e. The van der Waals surface area contributed by atoms with E-state index in [0.29, 0.717) is 16.8 Å². The molecule has 0 bridgehead atoms. The topological polar surface area (TPSA) is 88.2 Å². The fraction of sp³-hybridized carbons (Fsp3) is 0.429. The minimum absolute atomic E-state index is 0.00780. The van der Waals surface area contributed by atoms with Crippen molar-refractivity contribution in [2.45, 2.75) is 57.5 Å². The number of pyridine rings is 1. The van der Waals surface area contributed by atoms with Gasteiger partial charge in [-0.2, -0.15) is 13.2 Å². The summed E-state index contributed by atoms with van der Waals surface area (Å²) in [7, 11) is 0. The zero-order valence-electron chi connectivity index (χ0n) is 16.6. The smallest absolute Gasteiger partial charge is 0.391 e. The molecule has 2 aromatic rings. The number of nitrogens with one attached hydrogen (secondary N) is 1. The first-order chi connectivity index (χ1) is 13.4. The zero-order chi connectivity index (χ0) is 21.8. The van der Waals surface area contributed by atoms with Crippen LogP contribution in [0.2, 0.25) is 0 Å². The number of halogens is 3. The summed E-state index contributed by atoms with van der Waals surface area (Å²) in [6.45, 7) is 5.54. The fourth-order valence-corrected chi connectivity index (χ4v) is 2.85. The maximum atomic E-state index is 12.9. The van der Waals surface area contributed by atoms with Crippen molar-refractivity contribution in [1.82, 2.24) is 10.3 Å². The molecule has 0 aliphatic rings. The SMILES string of the molecule is CC(C)(C)NC(=O)c1cccnc1CC(O)C(N)Cc1cccc(C(F)(F)F)c1. The Morgan fingerprint density at radius 3 is 2.48 bits per heavy atom. The van der Waals surface area contributed by atoms with Crippen LogP contribution in [0.4, 0.5) is 13.2 Å². The Hall–Kier alpha value is -2.45. The third-order valence-corrected chi connectivity index (χ3v) is 4.25. The van der Waals surface area contributed by atoms with E-state index in [2.05, 4.69) is 10.3 Å². The van der Waals surface area contributed by atoms with Crippen LogP contribution < -0.4 is 11.1 Å². The molecule has 2 unspecified atom stereocenters. The number of rotatable bonds is 6. The first-order valence-electron chi connectivity index (χ1n) is 9.23. The second-order valence-electron chi connectivity index (χ2n) is 8.04. The summed E-state index contributed by atoms with van der Waals surface area (Å²) < 4.78 is 38.6. The molecule has 158 valence electrons. The van der Waals surface area contributed by atoms with E-state index in [4.69, 9.17) is 5.73 Å². The number of aliphatic hydroxyl groups excluding tert-OH is 1. The number of aliphatic hydroxyl groups is 1. The summed E-state index contributed by atoms with van der Waals surface area (Å²) in [5.74, 6) is -0.320. The number of nitrogens with zero attached hydrogens (tertiary/aromatic N) is 1. The van der Waals surface area contributed by atoms with Gasteiger partial charge in [0, 0.05) is 24.2 Å². The summed E-state index contributed by atoms with van der Waals surface area (Å²) in [6, 6.07) is 7.26. The molecule has 5 nitrogen and oxygen atoms in total. The molecule has 1 heterocycles. The lowest BCUT2D eigenvalue weighted by molar-refractivity contribution is -0.137. The van der Waals surface area contributed by atoms with Crippen LogP contribution in [0.15, 0.2) is 42.6 Å². The van der Waals surface area contributed by atoms with Crippen molar-refractivity contribution in [3.05, 3.63) is 65.0 Å². The molecule has 0 saturated heterocycles. The molecule has 1 aromatic carbocycles.